The van der Waals surface area contributed by atoms with E-state index in [2.05, 4.69) is 21.6 Å². The standard InChI is InChI=1S/C11H18N4OS/c1-15(6-7-17-2)8-9-4-3-5-10(13-9)11(16)14-12/h3-5H,6-8,12H2,1-2H3,(H,14,16). The van der Waals surface area contributed by atoms with Crippen LogP contribution in [-0.2, 0) is 6.54 Å². The molecule has 17 heavy (non-hydrogen) atoms. The van der Waals surface area contributed by atoms with Crippen molar-refractivity contribution >= 4 is 17.7 Å². The summed E-state index contributed by atoms with van der Waals surface area (Å²) in [5.74, 6) is 5.79. The molecule has 1 heterocycles. The summed E-state index contributed by atoms with van der Waals surface area (Å²) < 4.78 is 0. The van der Waals surface area contributed by atoms with Crippen LogP contribution >= 0.6 is 11.8 Å². The van der Waals surface area contributed by atoms with E-state index in [1.807, 2.05) is 30.9 Å². The van der Waals surface area contributed by atoms with E-state index in [-0.39, 0.29) is 5.91 Å². The third-order valence-electron chi connectivity index (χ3n) is 2.28. The first kappa shape index (κ1) is 14.0. The monoisotopic (exact) mass is 254 g/mol. The van der Waals surface area contributed by atoms with E-state index in [1.54, 1.807) is 6.07 Å². The van der Waals surface area contributed by atoms with E-state index < -0.39 is 0 Å². The van der Waals surface area contributed by atoms with Gasteiger partial charge in [-0.15, -0.1) is 0 Å². The number of carbonyl (C=O) groups excluding carboxylic acids is 1. The number of thioether (sulfide) groups is 1. The van der Waals surface area contributed by atoms with Gasteiger partial charge in [-0.3, -0.25) is 15.1 Å². The van der Waals surface area contributed by atoms with Gasteiger partial charge < -0.3 is 0 Å². The SMILES string of the molecule is CSCCN(C)Cc1cccc(C(=O)NN)n1. The maximum absolute atomic E-state index is 11.3. The fourth-order valence-corrected chi connectivity index (χ4v) is 1.87. The molecule has 0 aliphatic rings. The second-order valence-corrected chi connectivity index (χ2v) is 4.70. The van der Waals surface area contributed by atoms with Crippen LogP contribution in [0.15, 0.2) is 18.2 Å². The van der Waals surface area contributed by atoms with Crippen LogP contribution in [0, 0.1) is 0 Å². The molecule has 0 radical (unpaired) electrons. The summed E-state index contributed by atoms with van der Waals surface area (Å²) in [7, 11) is 2.04. The predicted molar refractivity (Wildman–Crippen MR) is 70.6 cm³/mol. The van der Waals surface area contributed by atoms with Crippen LogP contribution in [-0.4, -0.2) is 41.4 Å². The van der Waals surface area contributed by atoms with Crippen LogP contribution in [0.5, 0.6) is 0 Å². The van der Waals surface area contributed by atoms with E-state index in [9.17, 15) is 4.79 Å². The Morgan fingerprint density at radius 2 is 2.35 bits per heavy atom. The van der Waals surface area contributed by atoms with Gasteiger partial charge in [0.25, 0.3) is 5.91 Å². The number of carbonyl (C=O) groups is 1. The van der Waals surface area contributed by atoms with E-state index in [1.165, 1.54) is 0 Å². The molecule has 0 saturated heterocycles. The van der Waals surface area contributed by atoms with Crippen molar-refractivity contribution in [3.05, 3.63) is 29.6 Å². The smallest absolute Gasteiger partial charge is 0.283 e. The molecule has 0 aromatic carbocycles. The maximum Gasteiger partial charge on any atom is 0.283 e. The maximum atomic E-state index is 11.3. The number of hydrogen-bond donors (Lipinski definition) is 2. The number of nitrogens with two attached hydrogens (primary N) is 1. The highest BCUT2D eigenvalue weighted by Crippen LogP contribution is 2.03. The highest BCUT2D eigenvalue weighted by molar-refractivity contribution is 7.98. The van der Waals surface area contributed by atoms with Crippen molar-refractivity contribution in [2.24, 2.45) is 5.84 Å². The van der Waals surface area contributed by atoms with E-state index in [0.717, 1.165) is 24.5 Å². The van der Waals surface area contributed by atoms with Crippen molar-refractivity contribution in [3.8, 4) is 0 Å². The molecule has 0 aliphatic heterocycles. The molecule has 0 aliphatic carbocycles. The van der Waals surface area contributed by atoms with Crippen molar-refractivity contribution in [1.29, 1.82) is 0 Å². The molecule has 1 amide bonds. The summed E-state index contributed by atoms with van der Waals surface area (Å²) in [6.45, 7) is 1.72. The topological polar surface area (TPSA) is 71.2 Å². The third-order valence-corrected chi connectivity index (χ3v) is 2.87. The van der Waals surface area contributed by atoms with Crippen LogP contribution in [0.4, 0.5) is 0 Å². The number of nitrogen functional groups attached to an aromatic ring is 1. The molecule has 1 aromatic rings. The number of hydrogen-bond acceptors (Lipinski definition) is 5. The number of amides is 1. The fraction of sp³-hybridized carbons (Fsp3) is 0.455. The molecular weight excluding hydrogens is 236 g/mol. The summed E-state index contributed by atoms with van der Waals surface area (Å²) in [4.78, 5) is 17.7. The first-order valence-corrected chi connectivity index (χ1v) is 6.71. The Hall–Kier alpha value is -1.11. The van der Waals surface area contributed by atoms with Gasteiger partial charge in [0.15, 0.2) is 0 Å². The van der Waals surface area contributed by atoms with Crippen molar-refractivity contribution in [2.45, 2.75) is 6.54 Å². The Bertz CT molecular complexity index is 372. The van der Waals surface area contributed by atoms with Gasteiger partial charge in [0.1, 0.15) is 5.69 Å². The third kappa shape index (κ3) is 4.72. The molecule has 5 nitrogen and oxygen atoms in total. The Morgan fingerprint density at radius 1 is 1.59 bits per heavy atom. The first-order valence-electron chi connectivity index (χ1n) is 5.31. The molecular formula is C11H18N4OS. The van der Waals surface area contributed by atoms with E-state index >= 15 is 0 Å². The van der Waals surface area contributed by atoms with Crippen LogP contribution in [0.1, 0.15) is 16.2 Å². The zero-order chi connectivity index (χ0) is 12.7. The van der Waals surface area contributed by atoms with Gasteiger partial charge in [-0.2, -0.15) is 11.8 Å². The Balaban J connectivity index is 2.62. The minimum absolute atomic E-state index is 0.350. The predicted octanol–water partition coefficient (Wildman–Crippen LogP) is 0.480. The van der Waals surface area contributed by atoms with Crippen molar-refractivity contribution in [2.75, 3.05) is 25.6 Å². The van der Waals surface area contributed by atoms with Crippen LogP contribution in [0.3, 0.4) is 0 Å². The van der Waals surface area contributed by atoms with Crippen LogP contribution in [0.25, 0.3) is 0 Å². The van der Waals surface area contributed by atoms with Crippen molar-refractivity contribution in [3.63, 3.8) is 0 Å². The minimum atomic E-state index is -0.362. The molecule has 1 aromatic heterocycles. The second-order valence-electron chi connectivity index (χ2n) is 3.72. The normalized spacial score (nSPS) is 10.6. The molecule has 6 heteroatoms. The summed E-state index contributed by atoms with van der Waals surface area (Å²) in [5.41, 5.74) is 3.30. The molecule has 0 unspecified atom stereocenters. The first-order chi connectivity index (χ1) is 8.17. The molecule has 0 spiro atoms. The van der Waals surface area contributed by atoms with Gasteiger partial charge in [0, 0.05) is 18.8 Å². The molecule has 0 saturated carbocycles. The highest BCUT2D eigenvalue weighted by atomic mass is 32.2. The summed E-state index contributed by atoms with van der Waals surface area (Å²) >= 11 is 1.81. The zero-order valence-electron chi connectivity index (χ0n) is 10.1. The lowest BCUT2D eigenvalue weighted by molar-refractivity contribution is 0.0948. The Kier molecular flexibility index (Phi) is 5.96. The van der Waals surface area contributed by atoms with Gasteiger partial charge in [-0.05, 0) is 25.4 Å². The van der Waals surface area contributed by atoms with Gasteiger partial charge in [0.2, 0.25) is 0 Å². The number of hydrazine groups is 1. The number of nitrogens with zero attached hydrogens (tertiary/aromatic N) is 2. The quantitative estimate of drug-likeness (QED) is 0.439. The Morgan fingerprint density at radius 3 is 3.00 bits per heavy atom. The minimum Gasteiger partial charge on any atom is -0.300 e. The lowest BCUT2D eigenvalue weighted by atomic mass is 10.3. The molecule has 1 rings (SSSR count). The molecule has 0 fully saturated rings. The van der Waals surface area contributed by atoms with Crippen molar-refractivity contribution in [1.82, 2.24) is 15.3 Å². The van der Waals surface area contributed by atoms with Gasteiger partial charge >= 0.3 is 0 Å². The van der Waals surface area contributed by atoms with Gasteiger partial charge in [-0.25, -0.2) is 10.8 Å². The van der Waals surface area contributed by atoms with Crippen molar-refractivity contribution < 1.29 is 4.79 Å². The number of rotatable bonds is 6. The van der Waals surface area contributed by atoms with E-state index in [4.69, 9.17) is 5.84 Å². The van der Waals surface area contributed by atoms with Crippen LogP contribution < -0.4 is 11.3 Å². The summed E-state index contributed by atoms with van der Waals surface area (Å²) in [6, 6.07) is 5.37. The number of nitrogens with one attached hydrogen (secondary N) is 1. The van der Waals surface area contributed by atoms with E-state index in [0.29, 0.717) is 5.69 Å². The molecule has 3 N–H and O–H groups in total. The fourth-order valence-electron chi connectivity index (χ4n) is 1.37. The lowest BCUT2D eigenvalue weighted by Gasteiger charge is -2.15. The van der Waals surface area contributed by atoms with Crippen LogP contribution in [0.2, 0.25) is 0 Å². The lowest BCUT2D eigenvalue weighted by Crippen LogP contribution is -2.31. The Labute approximate surface area is 106 Å². The number of pyridine rings is 1. The average Bonchev–Trinajstić information content (AvgIpc) is 2.35. The molecule has 0 bridgehead atoms. The zero-order valence-corrected chi connectivity index (χ0v) is 11.0. The summed E-state index contributed by atoms with van der Waals surface area (Å²) in [6.07, 6.45) is 2.08. The second kappa shape index (κ2) is 7.26. The average molecular weight is 254 g/mol. The summed E-state index contributed by atoms with van der Waals surface area (Å²) in [5, 5.41) is 0. The highest BCUT2D eigenvalue weighted by Gasteiger charge is 2.07. The molecule has 94 valence electrons. The molecule has 0 atom stereocenters. The van der Waals surface area contributed by atoms with Gasteiger partial charge in [-0.1, -0.05) is 6.07 Å². The van der Waals surface area contributed by atoms with Gasteiger partial charge in [0.05, 0.1) is 5.69 Å². The largest absolute Gasteiger partial charge is 0.300 e. The number of aromatic nitrogens is 1.